The Bertz CT molecular complexity index is 1010. The predicted molar refractivity (Wildman–Crippen MR) is 126 cm³/mol. The van der Waals surface area contributed by atoms with Gasteiger partial charge in [0.2, 0.25) is 5.91 Å². The lowest BCUT2D eigenvalue weighted by molar-refractivity contribution is -0.120. The summed E-state index contributed by atoms with van der Waals surface area (Å²) in [7, 11) is 3.20. The van der Waals surface area contributed by atoms with Crippen molar-refractivity contribution < 1.29 is 33.6 Å². The van der Waals surface area contributed by atoms with E-state index >= 15 is 0 Å². The molecule has 10 heteroatoms. The second kappa shape index (κ2) is 12.1. The van der Waals surface area contributed by atoms with Gasteiger partial charge in [0, 0.05) is 18.5 Å². The van der Waals surface area contributed by atoms with E-state index in [9.17, 15) is 14.7 Å². The maximum absolute atomic E-state index is 11.9. The van der Waals surface area contributed by atoms with Crippen LogP contribution in [-0.4, -0.2) is 63.5 Å². The third-order valence-corrected chi connectivity index (χ3v) is 5.32. The minimum Gasteiger partial charge on any atom is -0.493 e. The van der Waals surface area contributed by atoms with Crippen LogP contribution in [-0.2, 0) is 22.4 Å². The van der Waals surface area contributed by atoms with Crippen molar-refractivity contribution in [1.82, 2.24) is 5.32 Å². The number of amides is 2. The average Bonchev–Trinajstić information content (AvgIpc) is 2.83. The van der Waals surface area contributed by atoms with E-state index in [0.717, 1.165) is 17.5 Å². The number of primary amides is 1. The Balaban J connectivity index is 1.50. The first-order valence-corrected chi connectivity index (χ1v) is 11.0. The molecular weight excluding hydrogens is 442 g/mol. The fraction of sp³-hybridized carbons (Fsp3) is 0.417. The molecule has 0 radical (unpaired) electrons. The Morgan fingerprint density at radius 3 is 2.56 bits per heavy atom. The lowest BCUT2D eigenvalue weighted by atomic mass is 10.0. The summed E-state index contributed by atoms with van der Waals surface area (Å²) in [6, 6.07) is 9.07. The summed E-state index contributed by atoms with van der Waals surface area (Å²) in [4.78, 5) is 22.9. The summed E-state index contributed by atoms with van der Waals surface area (Å²) in [6.07, 6.45) is 0.797. The fourth-order valence-corrected chi connectivity index (χ4v) is 3.62. The van der Waals surface area contributed by atoms with E-state index < -0.39 is 12.0 Å². The summed E-state index contributed by atoms with van der Waals surface area (Å²) in [5.41, 5.74) is 7.46. The predicted octanol–water partition coefficient (Wildman–Crippen LogP) is 1.02. The van der Waals surface area contributed by atoms with Gasteiger partial charge in [0.1, 0.15) is 24.2 Å². The second-order valence-electron chi connectivity index (χ2n) is 7.83. The number of carbonyl (C=O) groups excluding carboxylic acids is 2. The number of carbonyl (C=O) groups is 2. The highest BCUT2D eigenvalue weighted by atomic mass is 16.5. The van der Waals surface area contributed by atoms with Gasteiger partial charge in [-0.3, -0.25) is 9.59 Å². The van der Waals surface area contributed by atoms with Gasteiger partial charge in [0.15, 0.2) is 18.1 Å². The molecule has 2 aromatic carbocycles. The molecule has 1 aliphatic heterocycles. The molecule has 1 heterocycles. The molecule has 0 fully saturated rings. The third kappa shape index (κ3) is 6.75. The molecule has 0 aliphatic carbocycles. The molecular formula is C24H31N3O7. The van der Waals surface area contributed by atoms with E-state index in [1.165, 1.54) is 0 Å². The molecule has 1 aliphatic rings. The van der Waals surface area contributed by atoms with Crippen LogP contribution in [0.5, 0.6) is 23.0 Å². The Labute approximate surface area is 198 Å². The smallest absolute Gasteiger partial charge is 0.255 e. The monoisotopic (exact) mass is 473 g/mol. The van der Waals surface area contributed by atoms with E-state index in [2.05, 4.69) is 10.6 Å². The molecule has 1 unspecified atom stereocenters. The van der Waals surface area contributed by atoms with Gasteiger partial charge in [-0.15, -0.1) is 0 Å². The topological polar surface area (TPSA) is 141 Å². The average molecular weight is 474 g/mol. The van der Waals surface area contributed by atoms with E-state index in [1.807, 2.05) is 18.2 Å². The first kappa shape index (κ1) is 25.1. The highest BCUT2D eigenvalue weighted by Gasteiger charge is 2.23. The number of anilines is 1. The number of hydrogen-bond acceptors (Lipinski definition) is 8. The normalized spacial score (nSPS) is 13.4. The molecule has 1 atom stereocenters. The Morgan fingerprint density at radius 1 is 1.09 bits per heavy atom. The number of nitrogens with one attached hydrogen (secondary N) is 2. The number of aliphatic hydroxyl groups is 1. The number of rotatable bonds is 13. The lowest BCUT2D eigenvalue weighted by Crippen LogP contribution is -2.32. The first-order chi connectivity index (χ1) is 16.4. The van der Waals surface area contributed by atoms with Crippen LogP contribution in [0.3, 0.4) is 0 Å². The van der Waals surface area contributed by atoms with Gasteiger partial charge in [0.25, 0.3) is 5.91 Å². The van der Waals surface area contributed by atoms with Crippen molar-refractivity contribution in [3.8, 4) is 23.0 Å². The van der Waals surface area contributed by atoms with Gasteiger partial charge >= 0.3 is 0 Å². The fourth-order valence-electron chi connectivity index (χ4n) is 3.62. The van der Waals surface area contributed by atoms with Crippen LogP contribution in [0.2, 0.25) is 0 Å². The number of benzene rings is 2. The van der Waals surface area contributed by atoms with Gasteiger partial charge in [-0.1, -0.05) is 6.07 Å². The van der Waals surface area contributed by atoms with Crippen LogP contribution in [0.1, 0.15) is 17.5 Å². The summed E-state index contributed by atoms with van der Waals surface area (Å²) in [6.45, 7) is 0.799. The van der Waals surface area contributed by atoms with Crippen molar-refractivity contribution in [2.45, 2.75) is 25.4 Å². The Hall–Kier alpha value is -3.50. The molecule has 0 saturated heterocycles. The molecule has 3 rings (SSSR count). The maximum Gasteiger partial charge on any atom is 0.255 e. The number of fused-ring (bicyclic) bond motifs is 1. The Kier molecular flexibility index (Phi) is 8.94. The van der Waals surface area contributed by atoms with Crippen molar-refractivity contribution in [2.75, 3.05) is 45.8 Å². The molecule has 34 heavy (non-hydrogen) atoms. The number of hydrogen-bond donors (Lipinski definition) is 4. The number of nitrogens with two attached hydrogens (primary N) is 1. The van der Waals surface area contributed by atoms with E-state index in [4.69, 9.17) is 24.7 Å². The zero-order valence-electron chi connectivity index (χ0n) is 19.4. The van der Waals surface area contributed by atoms with Crippen LogP contribution in [0.25, 0.3) is 0 Å². The van der Waals surface area contributed by atoms with E-state index in [1.54, 1.807) is 26.4 Å². The molecule has 0 spiro atoms. The van der Waals surface area contributed by atoms with Crippen molar-refractivity contribution in [2.24, 2.45) is 5.73 Å². The molecule has 0 saturated carbocycles. The minimum atomic E-state index is -0.731. The van der Waals surface area contributed by atoms with Crippen molar-refractivity contribution in [3.05, 3.63) is 41.5 Å². The highest BCUT2D eigenvalue weighted by Crippen LogP contribution is 2.39. The van der Waals surface area contributed by atoms with Gasteiger partial charge in [-0.2, -0.15) is 0 Å². The lowest BCUT2D eigenvalue weighted by Gasteiger charge is -2.23. The molecule has 2 aromatic rings. The first-order valence-electron chi connectivity index (χ1n) is 11.0. The number of methoxy groups -OCH3 is 2. The van der Waals surface area contributed by atoms with E-state index in [-0.39, 0.29) is 19.1 Å². The van der Waals surface area contributed by atoms with Crippen LogP contribution in [0, 0.1) is 0 Å². The van der Waals surface area contributed by atoms with Gasteiger partial charge in [-0.25, -0.2) is 0 Å². The third-order valence-electron chi connectivity index (χ3n) is 5.32. The quantitative estimate of drug-likeness (QED) is 0.316. The molecule has 0 aromatic heterocycles. The van der Waals surface area contributed by atoms with Crippen LogP contribution < -0.4 is 35.3 Å². The van der Waals surface area contributed by atoms with Crippen LogP contribution in [0.15, 0.2) is 30.3 Å². The summed E-state index contributed by atoms with van der Waals surface area (Å²) in [5, 5.41) is 16.3. The van der Waals surface area contributed by atoms with Gasteiger partial charge < -0.3 is 40.4 Å². The largest absolute Gasteiger partial charge is 0.493 e. The summed E-state index contributed by atoms with van der Waals surface area (Å²) in [5.74, 6) is 1.50. The molecule has 10 nitrogen and oxygen atoms in total. The molecule has 184 valence electrons. The SMILES string of the molecule is COc1ccc(CCNCC(O)COc2ccc(OCC(N)=O)c3c2CCC(=O)N3)cc1OC. The molecule has 5 N–H and O–H groups in total. The summed E-state index contributed by atoms with van der Waals surface area (Å²) < 4.78 is 21.8. The van der Waals surface area contributed by atoms with E-state index in [0.29, 0.717) is 54.6 Å². The second-order valence-corrected chi connectivity index (χ2v) is 7.83. The van der Waals surface area contributed by atoms with Crippen molar-refractivity contribution in [3.63, 3.8) is 0 Å². The number of ether oxygens (including phenoxy) is 4. The van der Waals surface area contributed by atoms with Gasteiger partial charge in [-0.05, 0) is 49.2 Å². The van der Waals surface area contributed by atoms with Gasteiger partial charge in [0.05, 0.1) is 19.9 Å². The Morgan fingerprint density at radius 2 is 1.82 bits per heavy atom. The van der Waals surface area contributed by atoms with Crippen LogP contribution >= 0.6 is 0 Å². The molecule has 2 amide bonds. The standard InChI is InChI=1S/C24H31N3O7/c1-31-19-5-3-15(11-21(19)32-2)9-10-26-12-16(28)13-33-18-6-7-20(34-14-22(25)29)24-17(18)4-8-23(30)27-24/h3,5-7,11,16,26,28H,4,8-10,12-14H2,1-2H3,(H2,25,29)(H,27,30). The number of aliphatic hydroxyl groups excluding tert-OH is 1. The highest BCUT2D eigenvalue weighted by molar-refractivity contribution is 5.96. The van der Waals surface area contributed by atoms with Crippen molar-refractivity contribution >= 4 is 17.5 Å². The molecule has 0 bridgehead atoms. The zero-order chi connectivity index (χ0) is 24.5. The maximum atomic E-state index is 11.9. The zero-order valence-corrected chi connectivity index (χ0v) is 19.4. The van der Waals surface area contributed by atoms with Crippen LogP contribution in [0.4, 0.5) is 5.69 Å². The minimum absolute atomic E-state index is 0.0746. The summed E-state index contributed by atoms with van der Waals surface area (Å²) >= 11 is 0. The van der Waals surface area contributed by atoms with Crippen molar-refractivity contribution in [1.29, 1.82) is 0 Å².